The van der Waals surface area contributed by atoms with Crippen LogP contribution in [-0.4, -0.2) is 32.7 Å². The summed E-state index contributed by atoms with van der Waals surface area (Å²) >= 11 is 0. The number of rotatable bonds is 4. The van der Waals surface area contributed by atoms with Gasteiger partial charge in [0.05, 0.1) is 6.61 Å². The van der Waals surface area contributed by atoms with Crippen molar-refractivity contribution in [3.05, 3.63) is 0 Å². The highest BCUT2D eigenvalue weighted by atomic mass is 16.7. The van der Waals surface area contributed by atoms with Gasteiger partial charge in [-0.3, -0.25) is 0 Å². The van der Waals surface area contributed by atoms with Crippen LogP contribution in [0.25, 0.3) is 0 Å². The van der Waals surface area contributed by atoms with Crippen LogP contribution in [0.2, 0.25) is 0 Å². The molecule has 80 valence electrons. The Kier molecular flexibility index (Phi) is 9.80. The molecule has 4 heteroatoms. The van der Waals surface area contributed by atoms with Crippen LogP contribution in [0.4, 0.5) is 0 Å². The Morgan fingerprint density at radius 1 is 1.31 bits per heavy atom. The van der Waals surface area contributed by atoms with Crippen molar-refractivity contribution >= 4 is 0 Å². The lowest BCUT2D eigenvalue weighted by molar-refractivity contribution is -0.123. The Hall–Kier alpha value is -0.160. The molecule has 1 N–H and O–H groups in total. The van der Waals surface area contributed by atoms with E-state index in [2.05, 4.69) is 5.48 Å². The van der Waals surface area contributed by atoms with E-state index in [1.54, 1.807) is 0 Å². The van der Waals surface area contributed by atoms with Crippen molar-refractivity contribution in [3.63, 3.8) is 0 Å². The van der Waals surface area contributed by atoms with Crippen LogP contribution in [0.3, 0.4) is 0 Å². The van der Waals surface area contributed by atoms with Crippen molar-refractivity contribution in [2.45, 2.75) is 33.5 Å². The predicted octanol–water partition coefficient (Wildman–Crippen LogP) is 1.32. The van der Waals surface area contributed by atoms with Gasteiger partial charge in [-0.15, -0.1) is 0 Å². The van der Waals surface area contributed by atoms with E-state index in [0.29, 0.717) is 0 Å². The van der Waals surface area contributed by atoms with Crippen LogP contribution in [0.5, 0.6) is 0 Å². The molecule has 1 aliphatic rings. The second kappa shape index (κ2) is 9.92. The summed E-state index contributed by atoms with van der Waals surface area (Å²) in [5.74, 6) is 0. The van der Waals surface area contributed by atoms with Crippen molar-refractivity contribution in [3.8, 4) is 0 Å². The van der Waals surface area contributed by atoms with E-state index >= 15 is 0 Å². The third-order valence-electron chi connectivity index (χ3n) is 1.43. The van der Waals surface area contributed by atoms with E-state index in [0.717, 1.165) is 26.4 Å². The molecule has 0 aromatic heterocycles. The summed E-state index contributed by atoms with van der Waals surface area (Å²) in [6, 6.07) is 0. The maximum atomic E-state index is 5.06. The zero-order chi connectivity index (χ0) is 9.94. The molecule has 0 aromatic rings. The quantitative estimate of drug-likeness (QED) is 0.680. The molecule has 0 aromatic carbocycles. The first-order chi connectivity index (χ1) is 6.31. The zero-order valence-electron chi connectivity index (χ0n) is 8.84. The van der Waals surface area contributed by atoms with Gasteiger partial charge in [0.1, 0.15) is 0 Å². The van der Waals surface area contributed by atoms with Crippen LogP contribution in [0.1, 0.15) is 27.2 Å². The number of ether oxygens (including phenoxy) is 2. The maximum Gasteiger partial charge on any atom is 0.154 e. The van der Waals surface area contributed by atoms with E-state index < -0.39 is 0 Å². The van der Waals surface area contributed by atoms with Crippen LogP contribution in [0.15, 0.2) is 0 Å². The van der Waals surface area contributed by atoms with Crippen molar-refractivity contribution in [1.82, 2.24) is 5.48 Å². The molecule has 1 fully saturated rings. The van der Waals surface area contributed by atoms with Gasteiger partial charge in [0, 0.05) is 19.8 Å². The van der Waals surface area contributed by atoms with Gasteiger partial charge in [-0.25, -0.2) is 5.48 Å². The molecule has 0 saturated carbocycles. The minimum absolute atomic E-state index is 0.0370. The smallest absolute Gasteiger partial charge is 0.154 e. The molecule has 1 saturated heterocycles. The first-order valence-corrected chi connectivity index (χ1v) is 4.89. The Balaban J connectivity index is 0.000000243. The van der Waals surface area contributed by atoms with E-state index in [1.807, 2.05) is 20.8 Å². The minimum atomic E-state index is -0.0370. The Morgan fingerprint density at radius 2 is 1.92 bits per heavy atom. The van der Waals surface area contributed by atoms with Gasteiger partial charge in [-0.05, 0) is 27.2 Å². The fraction of sp³-hybridized carbons (Fsp3) is 1.00. The highest BCUT2D eigenvalue weighted by Gasteiger charge is 1.94. The molecule has 0 atom stereocenters. The Bertz CT molecular complexity index is 83.3. The van der Waals surface area contributed by atoms with Crippen LogP contribution in [-0.2, 0) is 14.3 Å². The van der Waals surface area contributed by atoms with Gasteiger partial charge in [0.25, 0.3) is 0 Å². The Morgan fingerprint density at radius 3 is 2.15 bits per heavy atom. The molecule has 0 bridgehead atoms. The highest BCUT2D eigenvalue weighted by Crippen LogP contribution is 1.90. The summed E-state index contributed by atoms with van der Waals surface area (Å²) in [6.07, 6.45) is 1.13. The van der Waals surface area contributed by atoms with Crippen molar-refractivity contribution in [2.75, 3.05) is 26.4 Å². The van der Waals surface area contributed by atoms with E-state index in [4.69, 9.17) is 14.3 Å². The van der Waals surface area contributed by atoms with Gasteiger partial charge in [0.15, 0.2) is 6.29 Å². The molecule has 0 spiro atoms. The van der Waals surface area contributed by atoms with E-state index in [9.17, 15) is 0 Å². The summed E-state index contributed by atoms with van der Waals surface area (Å²) in [5, 5.41) is 0. The molecule has 1 rings (SSSR count). The molecule has 0 radical (unpaired) electrons. The third-order valence-corrected chi connectivity index (χ3v) is 1.43. The lowest BCUT2D eigenvalue weighted by atomic mass is 10.5. The fourth-order valence-corrected chi connectivity index (χ4v) is 0.878. The number of hydrogen-bond donors (Lipinski definition) is 1. The minimum Gasteiger partial charge on any atom is -0.353 e. The normalized spacial score (nSPS) is 15.7. The maximum absolute atomic E-state index is 5.06. The average molecular weight is 191 g/mol. The summed E-state index contributed by atoms with van der Waals surface area (Å²) in [5.41, 5.74) is 2.72. The molecule has 1 heterocycles. The molecular weight excluding hydrogens is 170 g/mol. The average Bonchev–Trinajstić information content (AvgIpc) is 2.61. The molecule has 13 heavy (non-hydrogen) atoms. The van der Waals surface area contributed by atoms with Crippen LogP contribution >= 0.6 is 0 Å². The van der Waals surface area contributed by atoms with Gasteiger partial charge in [0.2, 0.25) is 0 Å². The lowest BCUT2D eigenvalue weighted by Gasteiger charge is -2.09. The van der Waals surface area contributed by atoms with E-state index in [-0.39, 0.29) is 6.29 Å². The molecule has 1 aliphatic heterocycles. The van der Waals surface area contributed by atoms with Crippen LogP contribution in [0, 0.1) is 0 Å². The third kappa shape index (κ3) is 9.76. The summed E-state index contributed by atoms with van der Waals surface area (Å²) < 4.78 is 10.1. The van der Waals surface area contributed by atoms with Gasteiger partial charge >= 0.3 is 0 Å². The fourth-order valence-electron chi connectivity index (χ4n) is 0.878. The molecule has 0 amide bonds. The van der Waals surface area contributed by atoms with Crippen molar-refractivity contribution in [2.24, 2.45) is 0 Å². The first-order valence-electron chi connectivity index (χ1n) is 4.89. The molecule has 4 nitrogen and oxygen atoms in total. The largest absolute Gasteiger partial charge is 0.353 e. The topological polar surface area (TPSA) is 39.7 Å². The highest BCUT2D eigenvalue weighted by molar-refractivity contribution is 4.40. The van der Waals surface area contributed by atoms with Crippen LogP contribution < -0.4 is 5.48 Å². The summed E-state index contributed by atoms with van der Waals surface area (Å²) in [7, 11) is 0. The van der Waals surface area contributed by atoms with Gasteiger partial charge in [-0.2, -0.15) is 0 Å². The van der Waals surface area contributed by atoms with Crippen molar-refractivity contribution < 1.29 is 14.3 Å². The second-order valence-corrected chi connectivity index (χ2v) is 2.57. The monoisotopic (exact) mass is 191 g/mol. The zero-order valence-corrected chi connectivity index (χ0v) is 8.84. The summed E-state index contributed by atoms with van der Waals surface area (Å²) in [4.78, 5) is 4.69. The molecule has 0 aliphatic carbocycles. The van der Waals surface area contributed by atoms with Gasteiger partial charge in [-0.1, -0.05) is 0 Å². The summed E-state index contributed by atoms with van der Waals surface area (Å²) in [6.45, 7) is 9.17. The SMILES string of the molecule is C1CNOC1.CCOC(C)OCC. The standard InChI is InChI=1S/C6H14O2.C3H7NO/c1-4-7-6(3)8-5-2;1-2-4-5-3-1/h6H,4-5H2,1-3H3;4H,1-3H2. The number of hydroxylamine groups is 1. The lowest BCUT2D eigenvalue weighted by Crippen LogP contribution is -2.11. The Labute approximate surface area is 80.5 Å². The van der Waals surface area contributed by atoms with Crippen molar-refractivity contribution in [1.29, 1.82) is 0 Å². The second-order valence-electron chi connectivity index (χ2n) is 2.57. The van der Waals surface area contributed by atoms with Gasteiger partial charge < -0.3 is 14.3 Å². The number of hydrogen-bond acceptors (Lipinski definition) is 4. The predicted molar refractivity (Wildman–Crippen MR) is 51.3 cm³/mol. The van der Waals surface area contributed by atoms with E-state index in [1.165, 1.54) is 6.42 Å². The molecule has 0 unspecified atom stereocenters. The molecular formula is C9H21NO3. The first kappa shape index (κ1) is 12.8. The number of nitrogens with one attached hydrogen (secondary N) is 1.